The number of rotatable bonds is 6. The molecule has 0 radical (unpaired) electrons. The fourth-order valence-corrected chi connectivity index (χ4v) is 6.14. The van der Waals surface area contributed by atoms with Crippen LogP contribution in [0.15, 0.2) is 18.5 Å². The van der Waals surface area contributed by atoms with Gasteiger partial charge in [0.25, 0.3) is 0 Å². The summed E-state index contributed by atoms with van der Waals surface area (Å²) >= 11 is 7.30. The van der Waals surface area contributed by atoms with Crippen LogP contribution in [0.1, 0.15) is 6.42 Å². The summed E-state index contributed by atoms with van der Waals surface area (Å²) in [5.41, 5.74) is 4.87. The number of carbonyl (C=O) groups excluding carboxylic acids is 1. The topological polar surface area (TPSA) is 127 Å². The molecule has 7 nitrogen and oxygen atoms in total. The molecule has 0 spiro atoms. The number of carbonyl (C=O) groups is 2. The van der Waals surface area contributed by atoms with E-state index < -0.39 is 34.4 Å². The van der Waals surface area contributed by atoms with Crippen molar-refractivity contribution in [2.45, 2.75) is 17.4 Å². The van der Waals surface area contributed by atoms with Crippen LogP contribution in [0.4, 0.5) is 0 Å². The van der Waals surface area contributed by atoms with E-state index in [1.807, 2.05) is 4.72 Å². The van der Waals surface area contributed by atoms with Crippen molar-refractivity contribution in [2.24, 2.45) is 5.73 Å². The van der Waals surface area contributed by atoms with Crippen LogP contribution in [-0.2, 0) is 19.6 Å². The van der Waals surface area contributed by atoms with E-state index in [1.165, 1.54) is 6.07 Å². The van der Waals surface area contributed by atoms with E-state index in [1.54, 1.807) is 0 Å². The average molecular weight is 436 g/mol. The Bertz CT molecular complexity index is 613. The molecule has 19 heavy (non-hydrogen) atoms. The van der Waals surface area contributed by atoms with Gasteiger partial charge in [0.1, 0.15) is 10.9 Å². The van der Waals surface area contributed by atoms with Gasteiger partial charge in [-0.25, -0.2) is 8.42 Å². The maximum atomic E-state index is 12.0. The van der Waals surface area contributed by atoms with E-state index in [9.17, 15) is 18.0 Å². The van der Waals surface area contributed by atoms with Gasteiger partial charge in [0.05, 0.1) is 14.0 Å². The molecule has 11 heteroatoms. The van der Waals surface area contributed by atoms with Crippen molar-refractivity contribution < 1.29 is 23.1 Å². The lowest BCUT2D eigenvalue weighted by molar-refractivity contribution is -0.140. The summed E-state index contributed by atoms with van der Waals surface area (Å²) in [7, 11) is -4.07. The molecule has 106 valence electrons. The number of thiophene rings is 1. The fraction of sp³-hybridized carbons (Fsp3) is 0.250. The molecule has 1 aromatic rings. The van der Waals surface area contributed by atoms with E-state index in [0.717, 1.165) is 11.3 Å². The van der Waals surface area contributed by atoms with Gasteiger partial charge < -0.3 is 10.8 Å². The Balaban J connectivity index is 3.04. The highest BCUT2D eigenvalue weighted by molar-refractivity contribution is 9.12. The molecule has 0 saturated carbocycles. The second-order valence-electron chi connectivity index (χ2n) is 3.37. The molecular formula is C8H8Br2N2O5S2. The molecule has 0 aliphatic rings. The Hall–Kier alpha value is -0.490. The predicted octanol–water partition coefficient (Wildman–Crippen LogP) is 0.880. The molecule has 0 aliphatic carbocycles. The normalized spacial score (nSPS) is 13.2. The molecule has 1 atom stereocenters. The first-order chi connectivity index (χ1) is 8.63. The number of hydrogen-bond donors (Lipinski definition) is 3. The molecule has 1 unspecified atom stereocenters. The van der Waals surface area contributed by atoms with Crippen LogP contribution in [-0.4, -0.2) is 31.4 Å². The van der Waals surface area contributed by atoms with Crippen LogP contribution >= 0.6 is 43.2 Å². The first-order valence-corrected chi connectivity index (χ1v) is 8.50. The largest absolute Gasteiger partial charge is 0.480 e. The number of hydrogen-bond acceptors (Lipinski definition) is 5. The highest BCUT2D eigenvalue weighted by Crippen LogP contribution is 2.34. The number of carboxylic acid groups (broad SMARTS) is 1. The molecule has 4 N–H and O–H groups in total. The van der Waals surface area contributed by atoms with Crippen molar-refractivity contribution in [1.29, 1.82) is 0 Å². The van der Waals surface area contributed by atoms with Gasteiger partial charge in [-0.3, -0.25) is 9.59 Å². The first-order valence-electron chi connectivity index (χ1n) is 4.61. The number of carboxylic acids is 1. The monoisotopic (exact) mass is 434 g/mol. The Morgan fingerprint density at radius 2 is 2.05 bits per heavy atom. The number of aliphatic carboxylic acids is 1. The summed E-state index contributed by atoms with van der Waals surface area (Å²) in [4.78, 5) is 21.5. The van der Waals surface area contributed by atoms with E-state index in [-0.39, 0.29) is 4.90 Å². The van der Waals surface area contributed by atoms with Gasteiger partial charge in [-0.1, -0.05) is 0 Å². The highest BCUT2D eigenvalue weighted by Gasteiger charge is 2.29. The van der Waals surface area contributed by atoms with E-state index >= 15 is 0 Å². The maximum absolute atomic E-state index is 12.0. The molecular weight excluding hydrogens is 428 g/mol. The molecule has 0 aliphatic heterocycles. The highest BCUT2D eigenvalue weighted by atomic mass is 79.9. The summed E-state index contributed by atoms with van der Waals surface area (Å²) in [6.07, 6.45) is -0.627. The minimum absolute atomic E-state index is 0.111. The quantitative estimate of drug-likeness (QED) is 0.611. The molecule has 1 amide bonds. The van der Waals surface area contributed by atoms with Gasteiger partial charge in [-0.05, 0) is 37.9 Å². The summed E-state index contributed by atoms with van der Waals surface area (Å²) in [6, 6.07) is -0.284. The van der Waals surface area contributed by atoms with Crippen molar-refractivity contribution >= 4 is 65.1 Å². The minimum atomic E-state index is -4.07. The van der Waals surface area contributed by atoms with E-state index in [0.29, 0.717) is 7.57 Å². The van der Waals surface area contributed by atoms with Crippen molar-refractivity contribution in [2.75, 3.05) is 0 Å². The van der Waals surface area contributed by atoms with Gasteiger partial charge in [0.2, 0.25) is 15.9 Å². The van der Waals surface area contributed by atoms with E-state index in [2.05, 4.69) is 31.9 Å². The fourth-order valence-electron chi connectivity index (χ4n) is 1.14. The Morgan fingerprint density at radius 1 is 1.47 bits per heavy atom. The smallest absolute Gasteiger partial charge is 0.322 e. The summed E-state index contributed by atoms with van der Waals surface area (Å²) in [5.74, 6) is -2.39. The third-order valence-electron chi connectivity index (χ3n) is 1.92. The Labute approximate surface area is 129 Å². The Kier molecular flexibility index (Phi) is 5.50. The van der Waals surface area contributed by atoms with Gasteiger partial charge in [0.15, 0.2) is 0 Å². The van der Waals surface area contributed by atoms with E-state index in [4.69, 9.17) is 10.8 Å². The van der Waals surface area contributed by atoms with Crippen molar-refractivity contribution in [3.05, 3.63) is 13.6 Å². The van der Waals surface area contributed by atoms with Crippen LogP contribution in [0.3, 0.4) is 0 Å². The zero-order valence-electron chi connectivity index (χ0n) is 9.09. The number of nitrogens with two attached hydrogens (primary N) is 1. The number of amides is 1. The van der Waals surface area contributed by atoms with Gasteiger partial charge in [-0.15, -0.1) is 11.3 Å². The average Bonchev–Trinajstić information content (AvgIpc) is 2.56. The second kappa shape index (κ2) is 6.31. The van der Waals surface area contributed by atoms with Crippen LogP contribution in [0.2, 0.25) is 0 Å². The number of sulfonamides is 1. The molecule has 0 fully saturated rings. The summed E-state index contributed by atoms with van der Waals surface area (Å²) in [5, 5.41) is 8.85. The zero-order valence-corrected chi connectivity index (χ0v) is 13.9. The molecule has 0 aromatic carbocycles. The van der Waals surface area contributed by atoms with Crippen molar-refractivity contribution in [1.82, 2.24) is 4.72 Å². The van der Waals surface area contributed by atoms with Crippen LogP contribution in [0, 0.1) is 0 Å². The van der Waals surface area contributed by atoms with Gasteiger partial charge in [-0.2, -0.15) is 4.72 Å². The number of halogens is 2. The standard InChI is InChI=1S/C8H8Br2N2O5S2/c9-5-2-4(7(10)18-5)19(16,17)12-3(8(14)15)1-6(11)13/h2-3,12H,1H2,(H2,11,13)(H,14,15). The third-order valence-corrected chi connectivity index (χ3v) is 6.14. The number of primary amides is 1. The Morgan fingerprint density at radius 3 is 2.42 bits per heavy atom. The second-order valence-corrected chi connectivity index (χ2v) is 8.80. The first kappa shape index (κ1) is 16.6. The lowest BCUT2D eigenvalue weighted by Crippen LogP contribution is -2.43. The van der Waals surface area contributed by atoms with Crippen molar-refractivity contribution in [3.8, 4) is 0 Å². The van der Waals surface area contributed by atoms with Crippen LogP contribution in [0.5, 0.6) is 0 Å². The van der Waals surface area contributed by atoms with Crippen molar-refractivity contribution in [3.63, 3.8) is 0 Å². The predicted molar refractivity (Wildman–Crippen MR) is 75.3 cm³/mol. The summed E-state index contributed by atoms with van der Waals surface area (Å²) < 4.78 is 26.8. The lowest BCUT2D eigenvalue weighted by Gasteiger charge is -2.12. The van der Waals surface area contributed by atoms with Crippen LogP contribution < -0.4 is 10.5 Å². The molecule has 1 aromatic heterocycles. The third kappa shape index (κ3) is 4.53. The zero-order chi connectivity index (χ0) is 14.8. The SMILES string of the molecule is NC(=O)CC(NS(=O)(=O)c1cc(Br)sc1Br)C(=O)O. The molecule has 1 rings (SSSR count). The lowest BCUT2D eigenvalue weighted by atomic mass is 10.2. The minimum Gasteiger partial charge on any atom is -0.480 e. The van der Waals surface area contributed by atoms with Crippen LogP contribution in [0.25, 0.3) is 0 Å². The number of nitrogens with one attached hydrogen (secondary N) is 1. The molecule has 1 heterocycles. The van der Waals surface area contributed by atoms with Gasteiger partial charge >= 0.3 is 5.97 Å². The summed E-state index contributed by atoms with van der Waals surface area (Å²) in [6.45, 7) is 0. The maximum Gasteiger partial charge on any atom is 0.322 e. The molecule has 0 bridgehead atoms. The van der Waals surface area contributed by atoms with Gasteiger partial charge in [0, 0.05) is 0 Å². The molecule has 0 saturated heterocycles.